The molecule has 4 heteroatoms. The fourth-order valence-corrected chi connectivity index (χ4v) is 3.72. The van der Waals surface area contributed by atoms with E-state index in [9.17, 15) is 4.79 Å². The summed E-state index contributed by atoms with van der Waals surface area (Å²) in [7, 11) is 0. The highest BCUT2D eigenvalue weighted by molar-refractivity contribution is 5.78. The van der Waals surface area contributed by atoms with Crippen molar-refractivity contribution < 1.29 is 9.53 Å². The smallest absolute Gasteiger partial charge is 0.260 e. The fraction of sp³-hybridized carbons (Fsp3) is 0.458. The van der Waals surface area contributed by atoms with Crippen molar-refractivity contribution in [2.75, 3.05) is 37.7 Å². The largest absolute Gasteiger partial charge is 0.483 e. The average Bonchev–Trinajstić information content (AvgIpc) is 2.68. The molecule has 1 heterocycles. The van der Waals surface area contributed by atoms with Crippen LogP contribution in [0.25, 0.3) is 0 Å². The third-order valence-corrected chi connectivity index (χ3v) is 5.60. The van der Waals surface area contributed by atoms with Crippen LogP contribution >= 0.6 is 0 Å². The number of hydrogen-bond acceptors (Lipinski definition) is 3. The molecule has 0 aliphatic carbocycles. The van der Waals surface area contributed by atoms with Gasteiger partial charge in [0.25, 0.3) is 5.91 Å². The van der Waals surface area contributed by atoms with Crippen molar-refractivity contribution in [1.29, 1.82) is 0 Å². The van der Waals surface area contributed by atoms with Crippen molar-refractivity contribution in [3.05, 3.63) is 59.2 Å². The summed E-state index contributed by atoms with van der Waals surface area (Å²) >= 11 is 0. The van der Waals surface area contributed by atoms with E-state index in [0.717, 1.165) is 37.5 Å². The molecule has 0 spiro atoms. The summed E-state index contributed by atoms with van der Waals surface area (Å²) in [5.41, 5.74) is 5.02. The Bertz CT molecular complexity index is 831. The number of hydrogen-bond donors (Lipinski definition) is 0. The number of para-hydroxylation sites is 1. The first kappa shape index (κ1) is 20.2. The minimum atomic E-state index is -0.0169. The van der Waals surface area contributed by atoms with Crippen LogP contribution in [0.3, 0.4) is 0 Å². The summed E-state index contributed by atoms with van der Waals surface area (Å²) in [6, 6.07) is 14.4. The second-order valence-corrected chi connectivity index (χ2v) is 8.62. The Labute approximate surface area is 169 Å². The molecule has 1 aliphatic rings. The molecule has 0 radical (unpaired) electrons. The van der Waals surface area contributed by atoms with Crippen LogP contribution in [0.5, 0.6) is 5.75 Å². The summed E-state index contributed by atoms with van der Waals surface area (Å²) in [5.74, 6) is 0.863. The van der Waals surface area contributed by atoms with E-state index >= 15 is 0 Å². The quantitative estimate of drug-likeness (QED) is 0.791. The first-order valence-corrected chi connectivity index (χ1v) is 10.1. The summed E-state index contributed by atoms with van der Waals surface area (Å²) in [6.07, 6.45) is 0. The van der Waals surface area contributed by atoms with Gasteiger partial charge in [-0.05, 0) is 48.1 Å². The molecule has 150 valence electrons. The second-order valence-electron chi connectivity index (χ2n) is 8.62. The van der Waals surface area contributed by atoms with Gasteiger partial charge in [0.05, 0.1) is 0 Å². The molecule has 28 heavy (non-hydrogen) atoms. The zero-order valence-electron chi connectivity index (χ0n) is 17.8. The molecule has 3 rings (SSSR count). The van der Waals surface area contributed by atoms with E-state index < -0.39 is 0 Å². The number of carbonyl (C=O) groups excluding carboxylic acids is 1. The molecule has 2 aromatic rings. The molecule has 0 unspecified atom stereocenters. The van der Waals surface area contributed by atoms with Gasteiger partial charge in [-0.15, -0.1) is 0 Å². The van der Waals surface area contributed by atoms with Crippen molar-refractivity contribution in [3.63, 3.8) is 0 Å². The summed E-state index contributed by atoms with van der Waals surface area (Å²) in [5, 5.41) is 0. The maximum absolute atomic E-state index is 12.7. The van der Waals surface area contributed by atoms with Gasteiger partial charge in [0, 0.05) is 31.9 Å². The molecule has 1 fully saturated rings. The molecule has 0 N–H and O–H groups in total. The molecule has 2 aromatic carbocycles. The maximum Gasteiger partial charge on any atom is 0.260 e. The molecule has 0 atom stereocenters. The third-order valence-electron chi connectivity index (χ3n) is 5.60. The standard InChI is InChI=1S/C24H32N2O2/c1-18-9-8-11-21(19(18)2)25-13-15-26(16-14-25)23(27)17-28-22-12-7-6-10-20(22)24(3,4)5/h6-12H,13-17H2,1-5H3. The predicted octanol–water partition coefficient (Wildman–Crippen LogP) is 4.33. The van der Waals surface area contributed by atoms with Crippen LogP contribution in [0.2, 0.25) is 0 Å². The first-order valence-electron chi connectivity index (χ1n) is 10.1. The van der Waals surface area contributed by atoms with Gasteiger partial charge in [-0.3, -0.25) is 4.79 Å². The van der Waals surface area contributed by atoms with Gasteiger partial charge in [0.1, 0.15) is 5.75 Å². The highest BCUT2D eigenvalue weighted by atomic mass is 16.5. The van der Waals surface area contributed by atoms with Crippen LogP contribution in [0.4, 0.5) is 5.69 Å². The number of benzene rings is 2. The summed E-state index contributed by atoms with van der Waals surface area (Å²) < 4.78 is 5.92. The Balaban J connectivity index is 1.57. The van der Waals surface area contributed by atoms with Gasteiger partial charge in [-0.2, -0.15) is 0 Å². The number of carbonyl (C=O) groups is 1. The van der Waals surface area contributed by atoms with E-state index in [1.807, 2.05) is 23.1 Å². The SMILES string of the molecule is Cc1cccc(N2CCN(C(=O)COc3ccccc3C(C)(C)C)CC2)c1C. The molecule has 1 aliphatic heterocycles. The minimum absolute atomic E-state index is 0.0169. The van der Waals surface area contributed by atoms with Crippen LogP contribution in [0, 0.1) is 13.8 Å². The average molecular weight is 381 g/mol. The predicted molar refractivity (Wildman–Crippen MR) is 115 cm³/mol. The Kier molecular flexibility index (Phi) is 5.97. The Morgan fingerprint density at radius 2 is 1.64 bits per heavy atom. The van der Waals surface area contributed by atoms with Crippen molar-refractivity contribution in [3.8, 4) is 5.75 Å². The van der Waals surface area contributed by atoms with E-state index in [1.165, 1.54) is 16.8 Å². The van der Waals surface area contributed by atoms with Gasteiger partial charge in [-0.25, -0.2) is 0 Å². The number of aryl methyl sites for hydroxylation is 1. The number of nitrogens with zero attached hydrogens (tertiary/aromatic N) is 2. The molecule has 1 saturated heterocycles. The number of piperazine rings is 1. The van der Waals surface area contributed by atoms with Gasteiger partial charge < -0.3 is 14.5 Å². The first-order chi connectivity index (χ1) is 13.3. The minimum Gasteiger partial charge on any atom is -0.483 e. The molecular weight excluding hydrogens is 348 g/mol. The lowest BCUT2D eigenvalue weighted by molar-refractivity contribution is -0.133. The van der Waals surface area contributed by atoms with Crippen molar-refractivity contribution in [2.45, 2.75) is 40.0 Å². The zero-order valence-corrected chi connectivity index (χ0v) is 17.8. The van der Waals surface area contributed by atoms with Crippen LogP contribution in [-0.2, 0) is 10.2 Å². The number of amides is 1. The lowest BCUT2D eigenvalue weighted by Gasteiger charge is -2.37. The van der Waals surface area contributed by atoms with E-state index in [1.54, 1.807) is 0 Å². The van der Waals surface area contributed by atoms with E-state index in [2.05, 4.69) is 63.8 Å². The van der Waals surface area contributed by atoms with E-state index in [0.29, 0.717) is 0 Å². The molecule has 4 nitrogen and oxygen atoms in total. The normalized spacial score (nSPS) is 14.9. The number of anilines is 1. The molecule has 0 aromatic heterocycles. The van der Waals surface area contributed by atoms with Crippen molar-refractivity contribution >= 4 is 11.6 Å². The monoisotopic (exact) mass is 380 g/mol. The van der Waals surface area contributed by atoms with Gasteiger partial charge in [0.2, 0.25) is 0 Å². The van der Waals surface area contributed by atoms with E-state index in [-0.39, 0.29) is 17.9 Å². The summed E-state index contributed by atoms with van der Waals surface area (Å²) in [6.45, 7) is 14.1. The van der Waals surface area contributed by atoms with Crippen LogP contribution in [0.1, 0.15) is 37.5 Å². The lowest BCUT2D eigenvalue weighted by atomic mass is 9.86. The molecular formula is C24H32N2O2. The van der Waals surface area contributed by atoms with Crippen molar-refractivity contribution in [2.24, 2.45) is 0 Å². The lowest BCUT2D eigenvalue weighted by Crippen LogP contribution is -2.50. The third kappa shape index (κ3) is 4.49. The highest BCUT2D eigenvalue weighted by Crippen LogP contribution is 2.31. The van der Waals surface area contributed by atoms with Crippen LogP contribution in [0.15, 0.2) is 42.5 Å². The Hall–Kier alpha value is -2.49. The van der Waals surface area contributed by atoms with Crippen LogP contribution < -0.4 is 9.64 Å². The highest BCUT2D eigenvalue weighted by Gasteiger charge is 2.24. The fourth-order valence-electron chi connectivity index (χ4n) is 3.72. The van der Waals surface area contributed by atoms with Gasteiger partial charge >= 0.3 is 0 Å². The van der Waals surface area contributed by atoms with E-state index in [4.69, 9.17) is 4.74 Å². The Morgan fingerprint density at radius 3 is 2.32 bits per heavy atom. The van der Waals surface area contributed by atoms with Crippen molar-refractivity contribution in [1.82, 2.24) is 4.90 Å². The maximum atomic E-state index is 12.7. The number of rotatable bonds is 4. The molecule has 1 amide bonds. The van der Waals surface area contributed by atoms with Crippen LogP contribution in [-0.4, -0.2) is 43.6 Å². The number of ether oxygens (including phenoxy) is 1. The van der Waals surface area contributed by atoms with Gasteiger partial charge in [0.15, 0.2) is 6.61 Å². The topological polar surface area (TPSA) is 32.8 Å². The Morgan fingerprint density at radius 1 is 0.964 bits per heavy atom. The molecule has 0 bridgehead atoms. The molecule has 0 saturated carbocycles. The zero-order chi connectivity index (χ0) is 20.3. The van der Waals surface area contributed by atoms with Gasteiger partial charge in [-0.1, -0.05) is 51.1 Å². The summed E-state index contributed by atoms with van der Waals surface area (Å²) in [4.78, 5) is 17.0. The second kappa shape index (κ2) is 8.26.